The van der Waals surface area contributed by atoms with Crippen molar-refractivity contribution < 1.29 is 14.7 Å². The highest BCUT2D eigenvalue weighted by molar-refractivity contribution is 5.76. The molecule has 1 unspecified atom stereocenters. The van der Waals surface area contributed by atoms with E-state index in [0.29, 0.717) is 5.82 Å². The first-order chi connectivity index (χ1) is 9.21. The highest BCUT2D eigenvalue weighted by atomic mass is 16.4. The molecule has 0 saturated carbocycles. The third-order valence-electron chi connectivity index (χ3n) is 2.79. The number of carbonyl (C=O) groups excluding carboxylic acids is 1. The van der Waals surface area contributed by atoms with Crippen molar-refractivity contribution in [3.63, 3.8) is 0 Å². The molecule has 0 fully saturated rings. The van der Waals surface area contributed by atoms with Gasteiger partial charge in [-0.25, -0.2) is 9.78 Å². The van der Waals surface area contributed by atoms with Crippen molar-refractivity contribution in [1.29, 1.82) is 0 Å². The van der Waals surface area contributed by atoms with Gasteiger partial charge in [0.15, 0.2) is 0 Å². The lowest BCUT2D eigenvalue weighted by Crippen LogP contribution is -2.51. The zero-order valence-corrected chi connectivity index (χ0v) is 12.2. The predicted molar refractivity (Wildman–Crippen MR) is 72.0 cm³/mol. The summed E-state index contributed by atoms with van der Waals surface area (Å²) in [6, 6.07) is -0.665. The Labute approximate surface area is 117 Å². The molecular formula is C12H21N5O3. The Balaban J connectivity index is 2.70. The van der Waals surface area contributed by atoms with Crippen LogP contribution in [0, 0.1) is 0 Å². The van der Waals surface area contributed by atoms with E-state index < -0.39 is 11.5 Å². The summed E-state index contributed by atoms with van der Waals surface area (Å²) in [6.45, 7) is 7.48. The molecule has 0 bridgehead atoms. The number of aromatic nitrogens is 3. The molecule has 8 heteroatoms. The lowest BCUT2D eigenvalue weighted by Gasteiger charge is -2.36. The molecule has 0 radical (unpaired) electrons. The van der Waals surface area contributed by atoms with E-state index >= 15 is 0 Å². The van der Waals surface area contributed by atoms with E-state index in [-0.39, 0.29) is 25.0 Å². The van der Waals surface area contributed by atoms with E-state index in [0.717, 1.165) is 0 Å². The third-order valence-corrected chi connectivity index (χ3v) is 2.79. The molecule has 0 aromatic carbocycles. The van der Waals surface area contributed by atoms with Gasteiger partial charge in [-0.3, -0.25) is 9.89 Å². The van der Waals surface area contributed by atoms with Gasteiger partial charge in [0.05, 0.1) is 12.5 Å². The smallest absolute Gasteiger partial charge is 0.318 e. The molecule has 1 aromatic heterocycles. The lowest BCUT2D eigenvalue weighted by atomic mass is 10.1. The number of nitrogens with one attached hydrogen (secondary N) is 2. The molecule has 20 heavy (non-hydrogen) atoms. The number of carboxylic acid groups (broad SMARTS) is 1. The fourth-order valence-corrected chi connectivity index (χ4v) is 1.70. The molecule has 0 spiro atoms. The highest BCUT2D eigenvalue weighted by Gasteiger charge is 2.28. The Morgan fingerprint density at radius 1 is 1.50 bits per heavy atom. The molecule has 3 N–H and O–H groups in total. The van der Waals surface area contributed by atoms with Gasteiger partial charge >= 0.3 is 12.0 Å². The van der Waals surface area contributed by atoms with Crippen LogP contribution in [0.1, 0.15) is 46.0 Å². The van der Waals surface area contributed by atoms with Crippen LogP contribution < -0.4 is 5.32 Å². The topological polar surface area (TPSA) is 111 Å². The summed E-state index contributed by atoms with van der Waals surface area (Å²) >= 11 is 0. The second kappa shape index (κ2) is 6.36. The number of aliphatic carboxylic acids is 1. The number of urea groups is 1. The molecule has 0 saturated heterocycles. The number of aromatic amines is 1. The minimum atomic E-state index is -0.935. The van der Waals surface area contributed by atoms with Crippen molar-refractivity contribution in [1.82, 2.24) is 25.4 Å². The monoisotopic (exact) mass is 283 g/mol. The van der Waals surface area contributed by atoms with Crippen LogP contribution in [0.3, 0.4) is 0 Å². The Morgan fingerprint density at radius 2 is 2.15 bits per heavy atom. The molecule has 1 atom stereocenters. The molecule has 0 aliphatic carbocycles. The van der Waals surface area contributed by atoms with Crippen molar-refractivity contribution in [2.45, 2.75) is 45.7 Å². The largest absolute Gasteiger partial charge is 0.481 e. The van der Waals surface area contributed by atoms with Crippen LogP contribution in [0.15, 0.2) is 6.33 Å². The van der Waals surface area contributed by atoms with Crippen LogP contribution in [0.25, 0.3) is 0 Å². The zero-order valence-electron chi connectivity index (χ0n) is 12.2. The average molecular weight is 283 g/mol. The van der Waals surface area contributed by atoms with Crippen molar-refractivity contribution in [3.8, 4) is 0 Å². The van der Waals surface area contributed by atoms with E-state index in [9.17, 15) is 9.59 Å². The van der Waals surface area contributed by atoms with Gasteiger partial charge in [-0.1, -0.05) is 0 Å². The SMILES string of the molecule is CC(NC(=O)N(CCC(=O)O)C(C)(C)C)c1ncn[nH]1. The first-order valence-corrected chi connectivity index (χ1v) is 6.37. The fraction of sp³-hybridized carbons (Fsp3) is 0.667. The van der Waals surface area contributed by atoms with Crippen LogP contribution in [0.4, 0.5) is 4.79 Å². The van der Waals surface area contributed by atoms with Gasteiger partial charge in [-0.2, -0.15) is 5.10 Å². The van der Waals surface area contributed by atoms with E-state index in [2.05, 4.69) is 20.5 Å². The maximum atomic E-state index is 12.3. The number of H-pyrrole nitrogens is 1. The molecule has 1 rings (SSSR count). The van der Waals surface area contributed by atoms with E-state index in [1.165, 1.54) is 11.2 Å². The summed E-state index contributed by atoms with van der Waals surface area (Å²) in [4.78, 5) is 28.4. The Bertz CT molecular complexity index is 452. The first-order valence-electron chi connectivity index (χ1n) is 6.37. The third kappa shape index (κ3) is 4.52. The number of hydrogen-bond acceptors (Lipinski definition) is 4. The number of nitrogens with zero attached hydrogens (tertiary/aromatic N) is 3. The summed E-state index contributed by atoms with van der Waals surface area (Å²) in [5.74, 6) is -0.388. The second-order valence-electron chi connectivity index (χ2n) is 5.51. The summed E-state index contributed by atoms with van der Waals surface area (Å²) in [7, 11) is 0. The van der Waals surface area contributed by atoms with Crippen molar-refractivity contribution in [3.05, 3.63) is 12.2 Å². The van der Waals surface area contributed by atoms with Gasteiger partial charge in [0.25, 0.3) is 0 Å². The molecule has 0 aliphatic rings. The van der Waals surface area contributed by atoms with Gasteiger partial charge in [0.2, 0.25) is 0 Å². The van der Waals surface area contributed by atoms with Crippen LogP contribution in [0.2, 0.25) is 0 Å². The normalized spacial score (nSPS) is 12.8. The molecule has 2 amide bonds. The number of amides is 2. The maximum Gasteiger partial charge on any atom is 0.318 e. The fourth-order valence-electron chi connectivity index (χ4n) is 1.70. The van der Waals surface area contributed by atoms with Crippen LogP contribution in [-0.2, 0) is 4.79 Å². The Morgan fingerprint density at radius 3 is 2.60 bits per heavy atom. The predicted octanol–water partition coefficient (Wildman–Crippen LogP) is 1.15. The van der Waals surface area contributed by atoms with E-state index in [1.54, 1.807) is 6.92 Å². The molecule has 112 valence electrons. The number of hydrogen-bond donors (Lipinski definition) is 3. The summed E-state index contributed by atoms with van der Waals surface area (Å²) in [6.07, 6.45) is 1.27. The molecule has 0 aliphatic heterocycles. The molecule has 1 aromatic rings. The quantitative estimate of drug-likeness (QED) is 0.750. The lowest BCUT2D eigenvalue weighted by molar-refractivity contribution is -0.137. The van der Waals surface area contributed by atoms with E-state index in [4.69, 9.17) is 5.11 Å². The average Bonchev–Trinajstić information content (AvgIpc) is 2.79. The highest BCUT2D eigenvalue weighted by Crippen LogP contribution is 2.15. The van der Waals surface area contributed by atoms with E-state index in [1.807, 2.05) is 20.8 Å². The second-order valence-corrected chi connectivity index (χ2v) is 5.51. The molecule has 8 nitrogen and oxygen atoms in total. The van der Waals surface area contributed by atoms with Gasteiger partial charge in [-0.15, -0.1) is 0 Å². The summed E-state index contributed by atoms with van der Waals surface area (Å²) in [5, 5.41) is 17.9. The minimum Gasteiger partial charge on any atom is -0.481 e. The molecular weight excluding hydrogens is 262 g/mol. The van der Waals surface area contributed by atoms with Gasteiger partial charge in [-0.05, 0) is 27.7 Å². The van der Waals surface area contributed by atoms with Gasteiger partial charge < -0.3 is 15.3 Å². The van der Waals surface area contributed by atoms with Crippen molar-refractivity contribution in [2.75, 3.05) is 6.54 Å². The summed E-state index contributed by atoms with van der Waals surface area (Å²) < 4.78 is 0. The zero-order chi connectivity index (χ0) is 15.3. The molecule has 1 heterocycles. The minimum absolute atomic E-state index is 0.0959. The van der Waals surface area contributed by atoms with Gasteiger partial charge in [0.1, 0.15) is 12.2 Å². The number of carboxylic acids is 1. The van der Waals surface area contributed by atoms with Crippen molar-refractivity contribution >= 4 is 12.0 Å². The first kappa shape index (κ1) is 15.9. The Kier molecular flexibility index (Phi) is 5.06. The maximum absolute atomic E-state index is 12.3. The Hall–Kier alpha value is -2.12. The van der Waals surface area contributed by atoms with Crippen LogP contribution in [-0.4, -0.2) is 49.3 Å². The van der Waals surface area contributed by atoms with Crippen LogP contribution >= 0.6 is 0 Å². The summed E-state index contributed by atoms with van der Waals surface area (Å²) in [5.41, 5.74) is -0.472. The number of carbonyl (C=O) groups is 2. The standard InChI is InChI=1S/C12H21N5O3/c1-8(10-13-7-14-16-10)15-11(20)17(12(2,3)4)6-5-9(18)19/h7-8H,5-6H2,1-4H3,(H,15,20)(H,18,19)(H,13,14,16). The van der Waals surface area contributed by atoms with Crippen LogP contribution in [0.5, 0.6) is 0 Å². The number of rotatable bonds is 5. The van der Waals surface area contributed by atoms with Gasteiger partial charge in [0, 0.05) is 12.1 Å². The van der Waals surface area contributed by atoms with Crippen molar-refractivity contribution in [2.24, 2.45) is 0 Å².